The van der Waals surface area contributed by atoms with Crippen LogP contribution in [0.1, 0.15) is 6.92 Å². The Balaban J connectivity index is 3.25. The Morgan fingerprint density at radius 2 is 1.85 bits per heavy atom. The number of carbonyl (C=O) groups excluding carboxylic acids is 1. The molecule has 1 heterocycles. The van der Waals surface area contributed by atoms with Crippen LogP contribution in [0.5, 0.6) is 6.01 Å². The normalized spacial score (nSPS) is 11.2. The maximum Gasteiger partial charge on any atom is 0.329 e. The van der Waals surface area contributed by atoms with Crippen molar-refractivity contribution < 1.29 is 14.3 Å². The average molecular weight is 280 g/mol. The van der Waals surface area contributed by atoms with E-state index >= 15 is 0 Å². The highest BCUT2D eigenvalue weighted by atomic mass is 16.5. The number of hydrogen-bond acceptors (Lipinski definition) is 9. The topological polar surface area (TPSA) is 104 Å². The fraction of sp³-hybridized carbons (Fsp3) is 0.545. The Labute approximate surface area is 116 Å². The van der Waals surface area contributed by atoms with Crippen molar-refractivity contribution in [2.75, 3.05) is 38.1 Å². The molecule has 0 fully saturated rings. The van der Waals surface area contributed by atoms with Crippen molar-refractivity contribution in [1.29, 1.82) is 5.26 Å². The van der Waals surface area contributed by atoms with Gasteiger partial charge in [-0.1, -0.05) is 0 Å². The number of anilines is 2. The molecule has 1 aromatic rings. The zero-order valence-corrected chi connectivity index (χ0v) is 12.0. The van der Waals surface area contributed by atoms with Crippen molar-refractivity contribution in [1.82, 2.24) is 15.0 Å². The minimum atomic E-state index is -0.855. The van der Waals surface area contributed by atoms with Crippen LogP contribution in [0.15, 0.2) is 0 Å². The number of nitriles is 1. The number of hydrogen-bond donors (Lipinski definition) is 0. The number of nitrogens with zero attached hydrogens (tertiary/aromatic N) is 6. The zero-order valence-electron chi connectivity index (χ0n) is 12.0. The highest BCUT2D eigenvalue weighted by Gasteiger charge is 2.26. The molecule has 1 rings (SSSR count). The molecule has 0 unspecified atom stereocenters. The highest BCUT2D eigenvalue weighted by Crippen LogP contribution is 2.18. The monoisotopic (exact) mass is 280 g/mol. The molecule has 0 aliphatic rings. The van der Waals surface area contributed by atoms with Crippen LogP contribution in [0.3, 0.4) is 0 Å². The SMILES string of the molecule is COC(=O)[C@H](C)N(C#N)c1nc(OC)nc(N(C)C)n1. The number of methoxy groups -OCH3 is 2. The van der Waals surface area contributed by atoms with Crippen LogP contribution in [0, 0.1) is 11.5 Å². The zero-order chi connectivity index (χ0) is 15.3. The quantitative estimate of drug-likeness (QED) is 0.411. The second kappa shape index (κ2) is 6.51. The lowest BCUT2D eigenvalue weighted by Gasteiger charge is -2.20. The summed E-state index contributed by atoms with van der Waals surface area (Å²) in [7, 11) is 6.12. The van der Waals surface area contributed by atoms with E-state index in [0.717, 1.165) is 4.90 Å². The number of esters is 1. The van der Waals surface area contributed by atoms with Crippen molar-refractivity contribution in [2.45, 2.75) is 13.0 Å². The summed E-state index contributed by atoms with van der Waals surface area (Å²) in [4.78, 5) is 26.3. The molecule has 0 radical (unpaired) electrons. The first-order chi connectivity index (χ1) is 9.44. The summed E-state index contributed by atoms with van der Waals surface area (Å²) in [5.74, 6) is -0.248. The Bertz CT molecular complexity index is 527. The molecular formula is C11H16N6O3. The molecule has 0 spiro atoms. The Kier molecular flexibility index (Phi) is 5.02. The molecule has 0 saturated carbocycles. The minimum absolute atomic E-state index is 0.0148. The van der Waals surface area contributed by atoms with Crippen molar-refractivity contribution >= 4 is 17.9 Å². The lowest BCUT2D eigenvalue weighted by atomic mass is 10.3. The van der Waals surface area contributed by atoms with Gasteiger partial charge < -0.3 is 14.4 Å². The number of ether oxygens (including phenoxy) is 2. The van der Waals surface area contributed by atoms with E-state index in [1.807, 2.05) is 6.19 Å². The van der Waals surface area contributed by atoms with Gasteiger partial charge >= 0.3 is 12.0 Å². The third-order valence-electron chi connectivity index (χ3n) is 2.43. The number of aromatic nitrogens is 3. The molecule has 0 aliphatic carbocycles. The van der Waals surface area contributed by atoms with Crippen LogP contribution in [-0.2, 0) is 9.53 Å². The van der Waals surface area contributed by atoms with Gasteiger partial charge in [-0.2, -0.15) is 20.2 Å². The van der Waals surface area contributed by atoms with Gasteiger partial charge in [0.05, 0.1) is 14.2 Å². The van der Waals surface area contributed by atoms with Gasteiger partial charge in [0.1, 0.15) is 6.04 Å². The van der Waals surface area contributed by atoms with Crippen molar-refractivity contribution in [3.63, 3.8) is 0 Å². The van der Waals surface area contributed by atoms with Crippen LogP contribution >= 0.6 is 0 Å². The summed E-state index contributed by atoms with van der Waals surface area (Å²) in [5.41, 5.74) is 0. The van der Waals surface area contributed by atoms with Crippen LogP contribution < -0.4 is 14.5 Å². The first-order valence-electron chi connectivity index (χ1n) is 5.68. The summed E-state index contributed by atoms with van der Waals surface area (Å²) in [6, 6.07) is -0.803. The molecule has 0 aliphatic heterocycles. The Morgan fingerprint density at radius 1 is 1.25 bits per heavy atom. The molecule has 1 atom stereocenters. The van der Waals surface area contributed by atoms with Gasteiger partial charge in [-0.3, -0.25) is 0 Å². The van der Waals surface area contributed by atoms with Gasteiger partial charge in [-0.25, -0.2) is 9.69 Å². The van der Waals surface area contributed by atoms with E-state index < -0.39 is 12.0 Å². The first-order valence-corrected chi connectivity index (χ1v) is 5.68. The third kappa shape index (κ3) is 3.23. The number of carbonyl (C=O) groups is 1. The molecule has 9 nitrogen and oxygen atoms in total. The van der Waals surface area contributed by atoms with E-state index in [0.29, 0.717) is 5.95 Å². The van der Waals surface area contributed by atoms with Gasteiger partial charge in [0.2, 0.25) is 11.9 Å². The van der Waals surface area contributed by atoms with Gasteiger partial charge in [0.25, 0.3) is 0 Å². The second-order valence-corrected chi connectivity index (χ2v) is 3.99. The predicted molar refractivity (Wildman–Crippen MR) is 70.3 cm³/mol. The smallest absolute Gasteiger partial charge is 0.329 e. The first kappa shape index (κ1) is 15.4. The average Bonchev–Trinajstić information content (AvgIpc) is 2.46. The predicted octanol–water partition coefficient (Wildman–Crippen LogP) is -0.205. The van der Waals surface area contributed by atoms with E-state index in [2.05, 4.69) is 19.7 Å². The standard InChI is InChI=1S/C11H16N6O3/c1-7(8(18)19-4)17(6-12)10-13-9(16(2)3)14-11(15-10)20-5/h7H,1-5H3/t7-/m0/s1. The Morgan fingerprint density at radius 3 is 2.30 bits per heavy atom. The molecule has 1 aromatic heterocycles. The van der Waals surface area contributed by atoms with Crippen LogP contribution in [0.2, 0.25) is 0 Å². The molecule has 108 valence electrons. The molecular weight excluding hydrogens is 264 g/mol. The number of rotatable bonds is 5. The fourth-order valence-corrected chi connectivity index (χ4v) is 1.32. The molecule has 9 heteroatoms. The third-order valence-corrected chi connectivity index (χ3v) is 2.43. The summed E-state index contributed by atoms with van der Waals surface area (Å²) in [5, 5.41) is 9.20. The molecule has 0 N–H and O–H groups in total. The fourth-order valence-electron chi connectivity index (χ4n) is 1.32. The molecule has 20 heavy (non-hydrogen) atoms. The lowest BCUT2D eigenvalue weighted by molar-refractivity contribution is -0.141. The van der Waals surface area contributed by atoms with E-state index in [1.165, 1.54) is 21.1 Å². The van der Waals surface area contributed by atoms with Crippen LogP contribution in [0.25, 0.3) is 0 Å². The maximum atomic E-state index is 11.5. The second-order valence-electron chi connectivity index (χ2n) is 3.99. The lowest BCUT2D eigenvalue weighted by Crippen LogP contribution is -2.37. The van der Waals surface area contributed by atoms with E-state index in [4.69, 9.17) is 4.74 Å². The highest BCUT2D eigenvalue weighted by molar-refractivity contribution is 5.79. The van der Waals surface area contributed by atoms with E-state index in [9.17, 15) is 10.1 Å². The molecule has 0 bridgehead atoms. The van der Waals surface area contributed by atoms with E-state index in [-0.39, 0.29) is 12.0 Å². The summed E-state index contributed by atoms with van der Waals surface area (Å²) >= 11 is 0. The largest absolute Gasteiger partial charge is 0.467 e. The molecule has 0 aromatic carbocycles. The van der Waals surface area contributed by atoms with Gasteiger partial charge in [0, 0.05) is 14.1 Å². The van der Waals surface area contributed by atoms with Crippen molar-refractivity contribution in [3.8, 4) is 12.2 Å². The van der Waals surface area contributed by atoms with Gasteiger partial charge in [-0.15, -0.1) is 0 Å². The Hall–Kier alpha value is -2.63. The van der Waals surface area contributed by atoms with Crippen molar-refractivity contribution in [3.05, 3.63) is 0 Å². The maximum absolute atomic E-state index is 11.5. The van der Waals surface area contributed by atoms with Crippen molar-refractivity contribution in [2.24, 2.45) is 0 Å². The summed E-state index contributed by atoms with van der Waals surface area (Å²) in [6.45, 7) is 1.51. The summed E-state index contributed by atoms with van der Waals surface area (Å²) < 4.78 is 9.57. The van der Waals surface area contributed by atoms with Crippen LogP contribution in [0.4, 0.5) is 11.9 Å². The molecule has 0 saturated heterocycles. The summed E-state index contributed by atoms with van der Waals surface area (Å²) in [6.07, 6.45) is 1.86. The minimum Gasteiger partial charge on any atom is -0.467 e. The van der Waals surface area contributed by atoms with Crippen LogP contribution in [-0.4, -0.2) is 55.3 Å². The van der Waals surface area contributed by atoms with Gasteiger partial charge in [-0.05, 0) is 6.92 Å². The molecule has 0 amide bonds. The van der Waals surface area contributed by atoms with E-state index in [1.54, 1.807) is 19.0 Å². The van der Waals surface area contributed by atoms with Gasteiger partial charge in [0.15, 0.2) is 6.19 Å².